The molecular weight excluding hydrogens is 180 g/mol. The summed E-state index contributed by atoms with van der Waals surface area (Å²) in [6.45, 7) is 6.08. The van der Waals surface area contributed by atoms with Gasteiger partial charge in [0.2, 0.25) is 0 Å². The molecule has 1 radical (unpaired) electrons. The lowest BCUT2D eigenvalue weighted by atomic mass is 10.1. The second-order valence-electron chi connectivity index (χ2n) is 4.05. The largest absolute Gasteiger partial charge is 0.0845 e. The van der Waals surface area contributed by atoms with Crippen LogP contribution in [0.1, 0.15) is 64.7 Å². The van der Waals surface area contributed by atoms with Crippen LogP contribution in [0.25, 0.3) is 0 Å². The molecule has 0 aliphatic heterocycles. The van der Waals surface area contributed by atoms with Crippen molar-refractivity contribution in [2.45, 2.75) is 64.7 Å². The lowest BCUT2D eigenvalue weighted by molar-refractivity contribution is 0.637. The Morgan fingerprint density at radius 3 is 2.00 bits per heavy atom. The molecule has 0 heteroatoms. The standard InChI is InChI=1S/C15H27/c1-3-5-7-9-11-13-15-14-12-10-8-6-4-2/h9,11,13,15H,1,3-8,10,12,14H2,2H3/b11-9+,15-13+. The van der Waals surface area contributed by atoms with Crippen molar-refractivity contribution in [3.8, 4) is 0 Å². The van der Waals surface area contributed by atoms with Gasteiger partial charge < -0.3 is 0 Å². The van der Waals surface area contributed by atoms with Gasteiger partial charge in [0.25, 0.3) is 0 Å². The highest BCUT2D eigenvalue weighted by Gasteiger charge is 1.85. The second kappa shape index (κ2) is 13.5. The molecule has 0 aliphatic carbocycles. The van der Waals surface area contributed by atoms with Crippen molar-refractivity contribution in [1.82, 2.24) is 0 Å². The van der Waals surface area contributed by atoms with E-state index in [9.17, 15) is 0 Å². The van der Waals surface area contributed by atoms with Gasteiger partial charge in [-0.25, -0.2) is 0 Å². The third kappa shape index (κ3) is 13.5. The van der Waals surface area contributed by atoms with Gasteiger partial charge in [0.1, 0.15) is 0 Å². The van der Waals surface area contributed by atoms with E-state index in [0.717, 1.165) is 6.42 Å². The van der Waals surface area contributed by atoms with Crippen molar-refractivity contribution in [3.05, 3.63) is 31.2 Å². The van der Waals surface area contributed by atoms with Crippen LogP contribution in [0, 0.1) is 6.92 Å². The molecule has 87 valence electrons. The van der Waals surface area contributed by atoms with Crippen LogP contribution >= 0.6 is 0 Å². The summed E-state index contributed by atoms with van der Waals surface area (Å²) >= 11 is 0. The van der Waals surface area contributed by atoms with E-state index in [0.29, 0.717) is 0 Å². The Balaban J connectivity index is 3.13. The van der Waals surface area contributed by atoms with Crippen LogP contribution in [0.3, 0.4) is 0 Å². The lowest BCUT2D eigenvalue weighted by Crippen LogP contribution is -1.75. The van der Waals surface area contributed by atoms with Crippen molar-refractivity contribution in [3.63, 3.8) is 0 Å². The van der Waals surface area contributed by atoms with E-state index in [-0.39, 0.29) is 0 Å². The molecule has 0 saturated carbocycles. The van der Waals surface area contributed by atoms with E-state index in [1.807, 2.05) is 0 Å². The zero-order chi connectivity index (χ0) is 11.2. The van der Waals surface area contributed by atoms with Crippen LogP contribution in [0.2, 0.25) is 0 Å². The molecule has 0 atom stereocenters. The minimum absolute atomic E-state index is 1.05. The molecule has 0 rings (SSSR count). The molecule has 15 heavy (non-hydrogen) atoms. The first-order valence-electron chi connectivity index (χ1n) is 6.52. The fourth-order valence-corrected chi connectivity index (χ4v) is 1.48. The second-order valence-corrected chi connectivity index (χ2v) is 4.05. The first kappa shape index (κ1) is 14.5. The van der Waals surface area contributed by atoms with Crippen molar-refractivity contribution in [2.24, 2.45) is 0 Å². The van der Waals surface area contributed by atoms with Crippen LogP contribution in [-0.2, 0) is 0 Å². The van der Waals surface area contributed by atoms with Crippen LogP contribution in [0.5, 0.6) is 0 Å². The topological polar surface area (TPSA) is 0 Å². The highest BCUT2D eigenvalue weighted by Crippen LogP contribution is 2.05. The highest BCUT2D eigenvalue weighted by atomic mass is 13.9. The van der Waals surface area contributed by atoms with Crippen LogP contribution < -0.4 is 0 Å². The summed E-state index contributed by atoms with van der Waals surface area (Å²) < 4.78 is 0. The van der Waals surface area contributed by atoms with Gasteiger partial charge in [-0.15, -0.1) is 0 Å². The maximum atomic E-state index is 3.82. The Morgan fingerprint density at radius 2 is 1.40 bits per heavy atom. The number of unbranched alkanes of at least 4 members (excludes halogenated alkanes) is 7. The van der Waals surface area contributed by atoms with Gasteiger partial charge in [-0.2, -0.15) is 0 Å². The number of hydrogen-bond acceptors (Lipinski definition) is 0. The Kier molecular flexibility index (Phi) is 13.0. The SMILES string of the molecule is [CH2]CCC/C=C/C=C/CCCCCCC. The lowest BCUT2D eigenvalue weighted by Gasteiger charge is -1.95. The maximum absolute atomic E-state index is 3.82. The minimum atomic E-state index is 1.05. The molecule has 0 fully saturated rings. The summed E-state index contributed by atoms with van der Waals surface area (Å²) in [6, 6.07) is 0. The predicted molar refractivity (Wildman–Crippen MR) is 70.9 cm³/mol. The number of allylic oxidation sites excluding steroid dienone is 4. The van der Waals surface area contributed by atoms with E-state index in [1.54, 1.807) is 0 Å². The maximum Gasteiger partial charge on any atom is -0.0348 e. The smallest absolute Gasteiger partial charge is 0.0348 e. The third-order valence-corrected chi connectivity index (χ3v) is 2.48. The first-order valence-corrected chi connectivity index (χ1v) is 6.52. The van der Waals surface area contributed by atoms with Gasteiger partial charge in [0.15, 0.2) is 0 Å². The van der Waals surface area contributed by atoms with Gasteiger partial charge >= 0.3 is 0 Å². The molecule has 0 N–H and O–H groups in total. The van der Waals surface area contributed by atoms with Crippen molar-refractivity contribution < 1.29 is 0 Å². The van der Waals surface area contributed by atoms with Crippen LogP contribution in [0.15, 0.2) is 24.3 Å². The molecule has 0 aromatic carbocycles. The molecule has 0 bridgehead atoms. The zero-order valence-corrected chi connectivity index (χ0v) is 10.4. The van der Waals surface area contributed by atoms with Crippen molar-refractivity contribution >= 4 is 0 Å². The molecule has 0 nitrogen and oxygen atoms in total. The summed E-state index contributed by atoms with van der Waals surface area (Å²) in [5, 5.41) is 0. The molecular formula is C15H27. The Bertz CT molecular complexity index is 153. The molecule has 0 heterocycles. The molecule has 0 saturated heterocycles. The van der Waals surface area contributed by atoms with E-state index in [2.05, 4.69) is 38.2 Å². The summed E-state index contributed by atoms with van der Waals surface area (Å²) in [4.78, 5) is 0. The molecule has 0 unspecified atom stereocenters. The van der Waals surface area contributed by atoms with E-state index >= 15 is 0 Å². The van der Waals surface area contributed by atoms with Crippen LogP contribution in [0.4, 0.5) is 0 Å². The molecule has 0 aromatic rings. The van der Waals surface area contributed by atoms with Crippen LogP contribution in [-0.4, -0.2) is 0 Å². The Morgan fingerprint density at radius 1 is 0.800 bits per heavy atom. The van der Waals surface area contributed by atoms with E-state index in [1.165, 1.54) is 51.4 Å². The van der Waals surface area contributed by atoms with Crippen molar-refractivity contribution in [2.75, 3.05) is 0 Å². The first-order chi connectivity index (χ1) is 7.41. The van der Waals surface area contributed by atoms with Crippen molar-refractivity contribution in [1.29, 1.82) is 0 Å². The molecule has 0 aliphatic rings. The predicted octanol–water partition coefficient (Wildman–Crippen LogP) is 5.46. The van der Waals surface area contributed by atoms with Gasteiger partial charge in [0.05, 0.1) is 0 Å². The van der Waals surface area contributed by atoms with E-state index in [4.69, 9.17) is 0 Å². The van der Waals surface area contributed by atoms with E-state index < -0.39 is 0 Å². The summed E-state index contributed by atoms with van der Waals surface area (Å²) in [5.41, 5.74) is 0. The van der Waals surface area contributed by atoms with Gasteiger partial charge in [0, 0.05) is 0 Å². The summed E-state index contributed by atoms with van der Waals surface area (Å²) in [5.74, 6) is 0. The molecule has 0 aromatic heterocycles. The van der Waals surface area contributed by atoms with Gasteiger partial charge in [-0.3, -0.25) is 0 Å². The average molecular weight is 207 g/mol. The Hall–Kier alpha value is -0.520. The van der Waals surface area contributed by atoms with Gasteiger partial charge in [-0.1, -0.05) is 70.3 Å². The quantitative estimate of drug-likeness (QED) is 0.329. The molecule has 0 amide bonds. The minimum Gasteiger partial charge on any atom is -0.0845 e. The highest BCUT2D eigenvalue weighted by molar-refractivity contribution is 5.02. The zero-order valence-electron chi connectivity index (χ0n) is 10.4. The monoisotopic (exact) mass is 207 g/mol. The van der Waals surface area contributed by atoms with Gasteiger partial charge in [-0.05, 0) is 25.7 Å². The normalized spacial score (nSPS) is 11.9. The summed E-state index contributed by atoms with van der Waals surface area (Å²) in [7, 11) is 0. The fourth-order valence-electron chi connectivity index (χ4n) is 1.48. The number of rotatable bonds is 10. The summed E-state index contributed by atoms with van der Waals surface area (Å²) in [6.07, 6.45) is 20.4. The number of hydrogen-bond donors (Lipinski definition) is 0. The molecule has 0 spiro atoms. The fraction of sp³-hybridized carbons (Fsp3) is 0.667. The average Bonchev–Trinajstić information content (AvgIpc) is 2.26. The third-order valence-electron chi connectivity index (χ3n) is 2.48. The Labute approximate surface area is 96.5 Å².